The molecule has 7 heteroatoms. The van der Waals surface area contributed by atoms with Gasteiger partial charge in [-0.3, -0.25) is 9.52 Å². The van der Waals surface area contributed by atoms with Crippen LogP contribution in [0.2, 0.25) is 0 Å². The second kappa shape index (κ2) is 7.94. The van der Waals surface area contributed by atoms with Crippen molar-refractivity contribution < 1.29 is 13.2 Å². The van der Waals surface area contributed by atoms with E-state index in [4.69, 9.17) is 0 Å². The molecular weight excluding hydrogens is 428 g/mol. The summed E-state index contributed by atoms with van der Waals surface area (Å²) in [4.78, 5) is 12.4. The molecule has 0 unspecified atom stereocenters. The number of benzene rings is 3. The van der Waals surface area contributed by atoms with Crippen molar-refractivity contribution in [1.82, 2.24) is 0 Å². The molecular formula is C20H17BrN2O3S. The minimum atomic E-state index is -3.86. The number of anilines is 2. The number of hydrogen-bond donors (Lipinski definition) is 2. The molecule has 3 aromatic carbocycles. The molecule has 0 fully saturated rings. The summed E-state index contributed by atoms with van der Waals surface area (Å²) < 4.78 is 28.4. The number of hydrogen-bond acceptors (Lipinski definition) is 3. The zero-order chi connectivity index (χ0) is 19.4. The van der Waals surface area contributed by atoms with Crippen LogP contribution in [0.3, 0.4) is 0 Å². The molecule has 2 N–H and O–H groups in total. The van der Waals surface area contributed by atoms with E-state index in [1.807, 2.05) is 25.1 Å². The monoisotopic (exact) mass is 444 g/mol. The highest BCUT2D eigenvalue weighted by Crippen LogP contribution is 2.26. The van der Waals surface area contributed by atoms with Gasteiger partial charge in [-0.2, -0.15) is 0 Å². The van der Waals surface area contributed by atoms with Crippen molar-refractivity contribution in [2.75, 3.05) is 10.0 Å². The van der Waals surface area contributed by atoms with E-state index in [1.165, 1.54) is 6.07 Å². The molecule has 0 aliphatic heterocycles. The van der Waals surface area contributed by atoms with Crippen molar-refractivity contribution in [3.63, 3.8) is 0 Å². The summed E-state index contributed by atoms with van der Waals surface area (Å²) in [6, 6.07) is 20.4. The standard InChI is InChI=1S/C20H17BrN2O3S/c1-14-7-10-17(11-8-14)23-27(25,26)19-13-15(9-12-18(19)21)20(24)22-16-5-3-2-4-6-16/h2-13,23H,1H3,(H,22,24). The summed E-state index contributed by atoms with van der Waals surface area (Å²) in [7, 11) is -3.86. The molecule has 0 bridgehead atoms. The number of halogens is 1. The quantitative estimate of drug-likeness (QED) is 0.592. The Morgan fingerprint density at radius 1 is 0.889 bits per heavy atom. The van der Waals surface area contributed by atoms with E-state index in [0.717, 1.165) is 5.56 Å². The minimum Gasteiger partial charge on any atom is -0.322 e. The molecule has 0 aliphatic rings. The van der Waals surface area contributed by atoms with Crippen LogP contribution >= 0.6 is 15.9 Å². The third-order valence-corrected chi connectivity index (χ3v) is 6.19. The van der Waals surface area contributed by atoms with Crippen molar-refractivity contribution in [3.8, 4) is 0 Å². The predicted molar refractivity (Wildman–Crippen MR) is 111 cm³/mol. The van der Waals surface area contributed by atoms with E-state index >= 15 is 0 Å². The first-order valence-electron chi connectivity index (χ1n) is 8.10. The van der Waals surface area contributed by atoms with Gasteiger partial charge in [-0.05, 0) is 65.3 Å². The third-order valence-electron chi connectivity index (χ3n) is 3.82. The Balaban J connectivity index is 1.88. The Labute approximate surface area is 166 Å². The van der Waals surface area contributed by atoms with Gasteiger partial charge in [0.05, 0.1) is 0 Å². The van der Waals surface area contributed by atoms with Crippen LogP contribution in [0.4, 0.5) is 11.4 Å². The number of carbonyl (C=O) groups is 1. The fourth-order valence-corrected chi connectivity index (χ4v) is 4.46. The summed E-state index contributed by atoms with van der Waals surface area (Å²) in [5.74, 6) is -0.388. The molecule has 0 aliphatic carbocycles. The molecule has 0 saturated carbocycles. The van der Waals surface area contributed by atoms with Crippen molar-refractivity contribution in [2.45, 2.75) is 11.8 Å². The topological polar surface area (TPSA) is 75.3 Å². The second-order valence-corrected chi connectivity index (χ2v) is 8.44. The maximum absolute atomic E-state index is 12.8. The van der Waals surface area contributed by atoms with Gasteiger partial charge in [-0.1, -0.05) is 35.9 Å². The normalized spacial score (nSPS) is 11.0. The Morgan fingerprint density at radius 3 is 2.22 bits per heavy atom. The summed E-state index contributed by atoms with van der Waals surface area (Å²) in [6.45, 7) is 1.92. The average Bonchev–Trinajstić information content (AvgIpc) is 2.64. The number of aryl methyl sites for hydroxylation is 1. The lowest BCUT2D eigenvalue weighted by Crippen LogP contribution is -2.16. The first-order chi connectivity index (χ1) is 12.8. The third kappa shape index (κ3) is 4.75. The van der Waals surface area contributed by atoms with Gasteiger partial charge in [-0.25, -0.2) is 8.42 Å². The van der Waals surface area contributed by atoms with Crippen LogP contribution in [0.1, 0.15) is 15.9 Å². The number of rotatable bonds is 5. The van der Waals surface area contributed by atoms with Gasteiger partial charge in [0.2, 0.25) is 0 Å². The van der Waals surface area contributed by atoms with Crippen LogP contribution in [0.5, 0.6) is 0 Å². The first-order valence-corrected chi connectivity index (χ1v) is 10.4. The van der Waals surface area contributed by atoms with E-state index < -0.39 is 10.0 Å². The van der Waals surface area contributed by atoms with Gasteiger partial charge in [0.15, 0.2) is 0 Å². The fourth-order valence-electron chi connectivity index (χ4n) is 2.41. The van der Waals surface area contributed by atoms with E-state index in [2.05, 4.69) is 26.0 Å². The lowest BCUT2D eigenvalue weighted by Gasteiger charge is -2.12. The molecule has 0 spiro atoms. The van der Waals surface area contributed by atoms with Crippen molar-refractivity contribution >= 4 is 43.2 Å². The number of para-hydroxylation sites is 1. The van der Waals surface area contributed by atoms with Crippen LogP contribution < -0.4 is 10.0 Å². The predicted octanol–water partition coefficient (Wildman–Crippen LogP) is 4.81. The van der Waals surface area contributed by atoms with Gasteiger partial charge >= 0.3 is 0 Å². The first kappa shape index (κ1) is 19.1. The molecule has 0 radical (unpaired) electrons. The molecule has 3 rings (SSSR count). The lowest BCUT2D eigenvalue weighted by atomic mass is 10.2. The number of carbonyl (C=O) groups excluding carboxylic acids is 1. The number of nitrogens with one attached hydrogen (secondary N) is 2. The Morgan fingerprint density at radius 2 is 1.56 bits per heavy atom. The molecule has 27 heavy (non-hydrogen) atoms. The van der Waals surface area contributed by atoms with E-state index in [9.17, 15) is 13.2 Å². The van der Waals surface area contributed by atoms with Crippen LogP contribution in [-0.4, -0.2) is 14.3 Å². The SMILES string of the molecule is Cc1ccc(NS(=O)(=O)c2cc(C(=O)Nc3ccccc3)ccc2Br)cc1. The summed E-state index contributed by atoms with van der Waals surface area (Å²) in [6.07, 6.45) is 0. The molecule has 1 amide bonds. The van der Waals surface area contributed by atoms with Gasteiger partial charge < -0.3 is 5.32 Å². The Kier molecular flexibility index (Phi) is 5.62. The maximum Gasteiger partial charge on any atom is 0.263 e. The van der Waals surface area contributed by atoms with E-state index in [0.29, 0.717) is 15.8 Å². The van der Waals surface area contributed by atoms with Crippen molar-refractivity contribution in [1.29, 1.82) is 0 Å². The number of amides is 1. The molecule has 5 nitrogen and oxygen atoms in total. The van der Waals surface area contributed by atoms with Crippen LogP contribution in [0.25, 0.3) is 0 Å². The average molecular weight is 445 g/mol. The van der Waals surface area contributed by atoms with Crippen LogP contribution in [0.15, 0.2) is 82.2 Å². The Bertz CT molecular complexity index is 1070. The molecule has 0 aromatic heterocycles. The second-order valence-electron chi connectivity index (χ2n) is 5.94. The molecule has 138 valence electrons. The van der Waals surface area contributed by atoms with Crippen molar-refractivity contribution in [2.24, 2.45) is 0 Å². The Hall–Kier alpha value is -2.64. The molecule has 0 atom stereocenters. The van der Waals surface area contributed by atoms with Crippen LogP contribution in [0, 0.1) is 6.92 Å². The molecule has 0 saturated heterocycles. The van der Waals surface area contributed by atoms with Gasteiger partial charge in [-0.15, -0.1) is 0 Å². The minimum absolute atomic E-state index is 0.0104. The molecule has 0 heterocycles. The van der Waals surface area contributed by atoms with Crippen molar-refractivity contribution in [3.05, 3.63) is 88.4 Å². The van der Waals surface area contributed by atoms with Gasteiger partial charge in [0, 0.05) is 21.4 Å². The summed E-state index contributed by atoms with van der Waals surface area (Å²) >= 11 is 3.26. The van der Waals surface area contributed by atoms with Crippen LogP contribution in [-0.2, 0) is 10.0 Å². The number of sulfonamides is 1. The zero-order valence-corrected chi connectivity index (χ0v) is 16.8. The fraction of sp³-hybridized carbons (Fsp3) is 0.0500. The molecule has 3 aromatic rings. The highest BCUT2D eigenvalue weighted by Gasteiger charge is 2.20. The maximum atomic E-state index is 12.8. The summed E-state index contributed by atoms with van der Waals surface area (Å²) in [5, 5.41) is 2.74. The zero-order valence-electron chi connectivity index (χ0n) is 14.4. The highest BCUT2D eigenvalue weighted by molar-refractivity contribution is 9.10. The summed E-state index contributed by atoms with van der Waals surface area (Å²) in [5.41, 5.74) is 2.35. The van der Waals surface area contributed by atoms with Gasteiger partial charge in [0.1, 0.15) is 4.90 Å². The highest BCUT2D eigenvalue weighted by atomic mass is 79.9. The van der Waals surface area contributed by atoms with E-state index in [1.54, 1.807) is 48.5 Å². The van der Waals surface area contributed by atoms with Gasteiger partial charge in [0.25, 0.3) is 15.9 Å². The smallest absolute Gasteiger partial charge is 0.263 e. The lowest BCUT2D eigenvalue weighted by molar-refractivity contribution is 0.102. The largest absolute Gasteiger partial charge is 0.322 e. The van der Waals surface area contributed by atoms with E-state index in [-0.39, 0.29) is 16.4 Å².